The third-order valence-corrected chi connectivity index (χ3v) is 5.46. The zero-order valence-corrected chi connectivity index (χ0v) is 13.0. The fourth-order valence-electron chi connectivity index (χ4n) is 1.80. The predicted octanol–water partition coefficient (Wildman–Crippen LogP) is 4.60. The van der Waals surface area contributed by atoms with Gasteiger partial charge in [0.1, 0.15) is 0 Å². The van der Waals surface area contributed by atoms with E-state index in [1.807, 2.05) is 0 Å². The largest absolute Gasteiger partial charge is 0.218 e. The Morgan fingerprint density at radius 1 is 0.765 bits per heavy atom. The average molecular weight is 280 g/mol. The monoisotopic (exact) mass is 280 g/mol. The Morgan fingerprint density at radius 3 is 1.59 bits per heavy atom. The molecule has 17 heavy (non-hydrogen) atoms. The predicted molar refractivity (Wildman–Crippen MR) is 79.1 cm³/mol. The molecule has 0 radical (unpaired) electrons. The summed E-state index contributed by atoms with van der Waals surface area (Å²) in [5, 5.41) is 0. The maximum Gasteiger partial charge on any atom is 0.198 e. The summed E-state index contributed by atoms with van der Waals surface area (Å²) >= 11 is 0. The van der Waals surface area contributed by atoms with Gasteiger partial charge < -0.3 is 0 Å². The van der Waals surface area contributed by atoms with E-state index in [1.54, 1.807) is 0 Å². The smallest absolute Gasteiger partial charge is 0.198 e. The van der Waals surface area contributed by atoms with Gasteiger partial charge in [-0.3, -0.25) is 0 Å². The van der Waals surface area contributed by atoms with Crippen LogP contribution in [-0.4, -0.2) is 20.4 Å². The zero-order chi connectivity index (χ0) is 13.0. The average Bonchev–Trinajstić information content (AvgIpc) is 2.24. The minimum absolute atomic E-state index is 0.759. The molecule has 0 aliphatic carbocycles. The lowest BCUT2D eigenvalue weighted by Gasteiger charge is -2.02. The molecule has 0 saturated carbocycles. The van der Waals surface area contributed by atoms with Gasteiger partial charge in [-0.05, 0) is 17.2 Å². The molecule has 0 aromatic carbocycles. The lowest BCUT2D eigenvalue weighted by Crippen LogP contribution is -1.91. The molecular weight excluding hydrogens is 252 g/mol. The third-order valence-electron chi connectivity index (χ3n) is 2.80. The Hall–Kier alpha value is 0.300. The van der Waals surface area contributed by atoms with Gasteiger partial charge >= 0.3 is 0 Å². The van der Waals surface area contributed by atoms with Gasteiger partial charge in [-0.25, -0.2) is 8.42 Å². The lowest BCUT2D eigenvalue weighted by molar-refractivity contribution is 0.563. The molecule has 0 fully saturated rings. The SMILES string of the molecule is CCCCCCCCCCCCSS(C)(=O)=O. The van der Waals surface area contributed by atoms with E-state index in [-0.39, 0.29) is 0 Å². The van der Waals surface area contributed by atoms with Crippen molar-refractivity contribution in [3.63, 3.8) is 0 Å². The van der Waals surface area contributed by atoms with E-state index in [2.05, 4.69) is 6.92 Å². The van der Waals surface area contributed by atoms with E-state index in [1.165, 1.54) is 64.0 Å². The molecule has 0 rings (SSSR count). The van der Waals surface area contributed by atoms with Crippen LogP contribution in [0.3, 0.4) is 0 Å². The molecule has 4 heteroatoms. The summed E-state index contributed by atoms with van der Waals surface area (Å²) in [7, 11) is -1.73. The highest BCUT2D eigenvalue weighted by Gasteiger charge is 2.01. The summed E-state index contributed by atoms with van der Waals surface area (Å²) in [5.41, 5.74) is 0. The van der Waals surface area contributed by atoms with Crippen LogP contribution in [0.1, 0.15) is 71.1 Å². The van der Waals surface area contributed by atoms with Crippen LogP contribution in [0, 0.1) is 0 Å². The summed E-state index contributed by atoms with van der Waals surface area (Å²) in [6, 6.07) is 0. The van der Waals surface area contributed by atoms with Crippen molar-refractivity contribution in [1.82, 2.24) is 0 Å². The van der Waals surface area contributed by atoms with Crippen LogP contribution in [0.25, 0.3) is 0 Å². The van der Waals surface area contributed by atoms with Gasteiger partial charge in [0.05, 0.1) is 0 Å². The molecule has 0 aliphatic rings. The Morgan fingerprint density at radius 2 is 1.18 bits per heavy atom. The molecule has 2 nitrogen and oxygen atoms in total. The van der Waals surface area contributed by atoms with E-state index >= 15 is 0 Å². The molecule has 0 bridgehead atoms. The second kappa shape index (κ2) is 11.4. The standard InChI is InChI=1S/C13H28O2S2/c1-3-4-5-6-7-8-9-10-11-12-13-16-17(2,14)15/h3-13H2,1-2H3. The minimum Gasteiger partial charge on any atom is -0.218 e. The van der Waals surface area contributed by atoms with E-state index in [0.29, 0.717) is 0 Å². The highest BCUT2D eigenvalue weighted by molar-refractivity contribution is 8.71. The van der Waals surface area contributed by atoms with Crippen LogP contribution >= 0.6 is 10.8 Å². The van der Waals surface area contributed by atoms with Gasteiger partial charge in [0.25, 0.3) is 0 Å². The summed E-state index contributed by atoms with van der Waals surface area (Å²) < 4.78 is 21.7. The van der Waals surface area contributed by atoms with Gasteiger partial charge in [-0.15, -0.1) is 0 Å². The summed E-state index contributed by atoms with van der Waals surface area (Å²) in [5.74, 6) is 0.759. The number of unbranched alkanes of at least 4 members (excludes halogenated alkanes) is 9. The van der Waals surface area contributed by atoms with Gasteiger partial charge in [-0.2, -0.15) is 0 Å². The fourth-order valence-corrected chi connectivity index (χ4v) is 3.69. The molecule has 0 N–H and O–H groups in total. The first kappa shape index (κ1) is 17.3. The van der Waals surface area contributed by atoms with E-state index in [9.17, 15) is 8.42 Å². The van der Waals surface area contributed by atoms with Gasteiger partial charge in [0.2, 0.25) is 0 Å². The number of hydrogen-bond acceptors (Lipinski definition) is 3. The molecule has 0 heterocycles. The van der Waals surface area contributed by atoms with Crippen LogP contribution in [0.2, 0.25) is 0 Å². The number of rotatable bonds is 12. The molecule has 0 unspecified atom stereocenters. The Labute approximate surface area is 111 Å². The first-order valence-electron chi connectivity index (χ1n) is 6.90. The third kappa shape index (κ3) is 16.3. The van der Waals surface area contributed by atoms with Crippen molar-refractivity contribution in [1.29, 1.82) is 0 Å². The van der Waals surface area contributed by atoms with Gasteiger partial charge in [0, 0.05) is 12.0 Å². The van der Waals surface area contributed by atoms with Crippen molar-refractivity contribution < 1.29 is 8.42 Å². The van der Waals surface area contributed by atoms with Crippen LogP contribution in [-0.2, 0) is 8.87 Å². The highest BCUT2D eigenvalue weighted by atomic mass is 33.1. The van der Waals surface area contributed by atoms with Crippen molar-refractivity contribution >= 4 is 19.7 Å². The minimum atomic E-state index is -2.82. The van der Waals surface area contributed by atoms with Crippen LogP contribution in [0.4, 0.5) is 0 Å². The quantitative estimate of drug-likeness (QED) is 0.387. The second-order valence-corrected chi connectivity index (χ2v) is 9.28. The van der Waals surface area contributed by atoms with Gasteiger partial charge in [0.15, 0.2) is 8.87 Å². The topological polar surface area (TPSA) is 34.1 Å². The maximum absolute atomic E-state index is 10.9. The maximum atomic E-state index is 10.9. The molecule has 0 aliphatic heterocycles. The summed E-state index contributed by atoms with van der Waals surface area (Å²) in [4.78, 5) is 0. The summed E-state index contributed by atoms with van der Waals surface area (Å²) in [6.45, 7) is 2.24. The fraction of sp³-hybridized carbons (Fsp3) is 1.00. The summed E-state index contributed by atoms with van der Waals surface area (Å²) in [6.07, 6.45) is 14.3. The van der Waals surface area contributed by atoms with Crippen molar-refractivity contribution in [2.75, 3.05) is 12.0 Å². The number of hydrogen-bond donors (Lipinski definition) is 0. The Kier molecular flexibility index (Phi) is 11.6. The molecule has 0 aromatic rings. The van der Waals surface area contributed by atoms with E-state index < -0.39 is 8.87 Å². The second-order valence-electron chi connectivity index (χ2n) is 4.71. The van der Waals surface area contributed by atoms with Crippen molar-refractivity contribution in [2.45, 2.75) is 71.1 Å². The molecule has 0 atom stereocenters. The molecule has 0 spiro atoms. The first-order valence-corrected chi connectivity index (χ1v) is 10.3. The van der Waals surface area contributed by atoms with Gasteiger partial charge in [-0.1, -0.05) is 64.7 Å². The van der Waals surface area contributed by atoms with Crippen molar-refractivity contribution in [3.8, 4) is 0 Å². The molecule has 104 valence electrons. The molecule has 0 amide bonds. The Balaban J connectivity index is 3.04. The van der Waals surface area contributed by atoms with E-state index in [4.69, 9.17) is 0 Å². The van der Waals surface area contributed by atoms with Crippen LogP contribution in [0.5, 0.6) is 0 Å². The lowest BCUT2D eigenvalue weighted by atomic mass is 10.1. The molecule has 0 aromatic heterocycles. The van der Waals surface area contributed by atoms with E-state index in [0.717, 1.165) is 23.0 Å². The molecule has 0 saturated heterocycles. The first-order chi connectivity index (χ1) is 8.06. The van der Waals surface area contributed by atoms with Crippen molar-refractivity contribution in [3.05, 3.63) is 0 Å². The zero-order valence-electron chi connectivity index (χ0n) is 11.4. The highest BCUT2D eigenvalue weighted by Crippen LogP contribution is 2.15. The van der Waals surface area contributed by atoms with Crippen molar-refractivity contribution in [2.24, 2.45) is 0 Å². The molecular formula is C13H28O2S2. The van der Waals surface area contributed by atoms with Crippen LogP contribution < -0.4 is 0 Å². The van der Waals surface area contributed by atoms with Crippen LogP contribution in [0.15, 0.2) is 0 Å². The Bertz CT molecular complexity index is 248. The normalized spacial score (nSPS) is 11.9.